The van der Waals surface area contributed by atoms with Crippen LogP contribution in [0.1, 0.15) is 54.4 Å². The van der Waals surface area contributed by atoms with Crippen LogP contribution in [0, 0.1) is 12.8 Å². The van der Waals surface area contributed by atoms with Crippen molar-refractivity contribution < 1.29 is 4.79 Å². The summed E-state index contributed by atoms with van der Waals surface area (Å²) < 4.78 is 0. The molecule has 0 radical (unpaired) electrons. The first-order valence-corrected chi connectivity index (χ1v) is 7.47. The highest BCUT2D eigenvalue weighted by atomic mass is 16.1. The van der Waals surface area contributed by atoms with Crippen LogP contribution in [0.5, 0.6) is 0 Å². The van der Waals surface area contributed by atoms with Crippen LogP contribution in [0.15, 0.2) is 6.07 Å². The van der Waals surface area contributed by atoms with Gasteiger partial charge in [0.2, 0.25) is 0 Å². The highest BCUT2D eigenvalue weighted by Crippen LogP contribution is 2.22. The highest BCUT2D eigenvalue weighted by Gasteiger charge is 2.20. The van der Waals surface area contributed by atoms with Crippen LogP contribution in [0.3, 0.4) is 0 Å². The first-order valence-electron chi connectivity index (χ1n) is 7.47. The molecule has 5 heteroatoms. The molecule has 2 atom stereocenters. The molecule has 0 bridgehead atoms. The van der Waals surface area contributed by atoms with E-state index in [-0.39, 0.29) is 5.91 Å². The summed E-state index contributed by atoms with van der Waals surface area (Å²) in [7, 11) is 0. The van der Waals surface area contributed by atoms with E-state index in [1.54, 1.807) is 0 Å². The van der Waals surface area contributed by atoms with Crippen LogP contribution in [0.25, 0.3) is 0 Å². The van der Waals surface area contributed by atoms with E-state index in [9.17, 15) is 4.79 Å². The topological polar surface area (TPSA) is 80.9 Å². The Morgan fingerprint density at radius 2 is 2.25 bits per heavy atom. The third kappa shape index (κ3) is 3.76. The normalized spacial score (nSPS) is 22.6. The van der Waals surface area contributed by atoms with Crippen molar-refractivity contribution >= 4 is 5.91 Å². The van der Waals surface area contributed by atoms with Gasteiger partial charge in [0.15, 0.2) is 0 Å². The molecule has 0 aliphatic heterocycles. The standard InChI is InChI=1S/C15H24N4O/c1-3-14-13(7-10(2)18-19-14)15(20)17-9-11-5-4-6-12(16)8-11/h7,11-12H,3-6,8-9,16H2,1-2H3,(H,17,20). The van der Waals surface area contributed by atoms with Crippen molar-refractivity contribution in [1.82, 2.24) is 15.5 Å². The first-order chi connectivity index (χ1) is 9.60. The minimum absolute atomic E-state index is 0.0426. The zero-order valence-electron chi connectivity index (χ0n) is 12.4. The van der Waals surface area contributed by atoms with E-state index in [0.29, 0.717) is 30.5 Å². The van der Waals surface area contributed by atoms with E-state index < -0.39 is 0 Å². The van der Waals surface area contributed by atoms with Gasteiger partial charge in [-0.3, -0.25) is 4.79 Å². The van der Waals surface area contributed by atoms with E-state index in [0.717, 1.165) is 37.1 Å². The van der Waals surface area contributed by atoms with Gasteiger partial charge in [-0.25, -0.2) is 0 Å². The Labute approximate surface area is 120 Å². The smallest absolute Gasteiger partial charge is 0.253 e. The first kappa shape index (κ1) is 14.9. The number of nitrogens with one attached hydrogen (secondary N) is 1. The Morgan fingerprint density at radius 1 is 1.45 bits per heavy atom. The fraction of sp³-hybridized carbons (Fsp3) is 0.667. The van der Waals surface area contributed by atoms with Crippen LogP contribution in [0.2, 0.25) is 0 Å². The van der Waals surface area contributed by atoms with Gasteiger partial charge in [-0.15, -0.1) is 0 Å². The second kappa shape index (κ2) is 6.79. The fourth-order valence-electron chi connectivity index (χ4n) is 2.82. The molecule has 1 aliphatic rings. The Kier molecular flexibility index (Phi) is 5.06. The lowest BCUT2D eigenvalue weighted by molar-refractivity contribution is 0.0940. The van der Waals surface area contributed by atoms with Crippen LogP contribution < -0.4 is 11.1 Å². The number of aryl methyl sites for hydroxylation is 2. The van der Waals surface area contributed by atoms with E-state index in [4.69, 9.17) is 5.73 Å². The lowest BCUT2D eigenvalue weighted by atomic mass is 9.86. The molecular weight excluding hydrogens is 252 g/mol. The highest BCUT2D eigenvalue weighted by molar-refractivity contribution is 5.95. The van der Waals surface area contributed by atoms with Crippen molar-refractivity contribution in [3.8, 4) is 0 Å². The molecule has 5 nitrogen and oxygen atoms in total. The summed E-state index contributed by atoms with van der Waals surface area (Å²) in [5, 5.41) is 11.1. The molecule has 3 N–H and O–H groups in total. The molecule has 1 aliphatic carbocycles. The largest absolute Gasteiger partial charge is 0.352 e. The maximum atomic E-state index is 12.3. The number of nitrogens with two attached hydrogens (primary N) is 1. The average Bonchev–Trinajstić information content (AvgIpc) is 2.45. The second-order valence-corrected chi connectivity index (χ2v) is 5.70. The second-order valence-electron chi connectivity index (χ2n) is 5.70. The molecule has 1 heterocycles. The number of carbonyl (C=O) groups excluding carboxylic acids is 1. The van der Waals surface area contributed by atoms with Gasteiger partial charge >= 0.3 is 0 Å². The van der Waals surface area contributed by atoms with E-state index >= 15 is 0 Å². The molecule has 110 valence electrons. The maximum Gasteiger partial charge on any atom is 0.253 e. The molecule has 0 saturated heterocycles. The summed E-state index contributed by atoms with van der Waals surface area (Å²) >= 11 is 0. The molecule has 1 aromatic heterocycles. The van der Waals surface area contributed by atoms with Crippen molar-refractivity contribution in [2.24, 2.45) is 11.7 Å². The lowest BCUT2D eigenvalue weighted by Gasteiger charge is -2.26. The summed E-state index contributed by atoms with van der Waals surface area (Å²) in [6, 6.07) is 2.11. The van der Waals surface area contributed by atoms with E-state index in [1.165, 1.54) is 0 Å². The minimum atomic E-state index is -0.0426. The van der Waals surface area contributed by atoms with Crippen molar-refractivity contribution in [3.63, 3.8) is 0 Å². The SMILES string of the molecule is CCc1nnc(C)cc1C(=O)NCC1CCCC(N)C1. The summed E-state index contributed by atoms with van der Waals surface area (Å²) in [6.07, 6.45) is 5.15. The van der Waals surface area contributed by atoms with Crippen molar-refractivity contribution in [3.05, 3.63) is 23.0 Å². The predicted octanol–water partition coefficient (Wildman–Crippen LogP) is 1.59. The Bertz CT molecular complexity index is 475. The Balaban J connectivity index is 1.96. The van der Waals surface area contributed by atoms with Crippen molar-refractivity contribution in [1.29, 1.82) is 0 Å². The zero-order valence-corrected chi connectivity index (χ0v) is 12.4. The molecule has 0 aromatic carbocycles. The molecule has 2 rings (SSSR count). The molecule has 1 saturated carbocycles. The molecular formula is C15H24N4O. The number of amides is 1. The van der Waals surface area contributed by atoms with Gasteiger partial charge in [0, 0.05) is 12.6 Å². The third-order valence-electron chi connectivity index (χ3n) is 3.95. The number of nitrogens with zero attached hydrogens (tertiary/aromatic N) is 2. The van der Waals surface area contributed by atoms with Gasteiger partial charge < -0.3 is 11.1 Å². The Hall–Kier alpha value is -1.49. The van der Waals surface area contributed by atoms with Gasteiger partial charge in [-0.05, 0) is 44.6 Å². The number of aromatic nitrogens is 2. The summed E-state index contributed by atoms with van der Waals surface area (Å²) in [5.74, 6) is 0.461. The Morgan fingerprint density at radius 3 is 2.95 bits per heavy atom. The number of rotatable bonds is 4. The van der Waals surface area contributed by atoms with Crippen molar-refractivity contribution in [2.45, 2.75) is 52.0 Å². The predicted molar refractivity (Wildman–Crippen MR) is 78.4 cm³/mol. The fourth-order valence-corrected chi connectivity index (χ4v) is 2.82. The van der Waals surface area contributed by atoms with Crippen LogP contribution in [-0.2, 0) is 6.42 Å². The van der Waals surface area contributed by atoms with Gasteiger partial charge in [0.05, 0.1) is 17.0 Å². The van der Waals surface area contributed by atoms with Crippen LogP contribution >= 0.6 is 0 Å². The minimum Gasteiger partial charge on any atom is -0.352 e. The number of hydrogen-bond donors (Lipinski definition) is 2. The average molecular weight is 276 g/mol. The van der Waals surface area contributed by atoms with Crippen molar-refractivity contribution in [2.75, 3.05) is 6.54 Å². The van der Waals surface area contributed by atoms with Crippen LogP contribution in [0.4, 0.5) is 0 Å². The maximum absolute atomic E-state index is 12.3. The van der Waals surface area contributed by atoms with Gasteiger partial charge in [-0.2, -0.15) is 10.2 Å². The summed E-state index contributed by atoms with van der Waals surface area (Å²) in [6.45, 7) is 4.54. The van der Waals surface area contributed by atoms with E-state index in [2.05, 4.69) is 15.5 Å². The molecule has 20 heavy (non-hydrogen) atoms. The zero-order chi connectivity index (χ0) is 14.5. The van der Waals surface area contributed by atoms with Gasteiger partial charge in [0.25, 0.3) is 5.91 Å². The summed E-state index contributed by atoms with van der Waals surface area (Å²) in [4.78, 5) is 12.3. The van der Waals surface area contributed by atoms with Gasteiger partial charge in [0.1, 0.15) is 0 Å². The molecule has 2 unspecified atom stereocenters. The quantitative estimate of drug-likeness (QED) is 0.875. The lowest BCUT2D eigenvalue weighted by Crippen LogP contribution is -2.36. The monoisotopic (exact) mass is 276 g/mol. The molecule has 0 spiro atoms. The third-order valence-corrected chi connectivity index (χ3v) is 3.95. The molecule has 1 aromatic rings. The molecule has 1 fully saturated rings. The van der Waals surface area contributed by atoms with Gasteiger partial charge in [-0.1, -0.05) is 13.3 Å². The summed E-state index contributed by atoms with van der Waals surface area (Å²) in [5.41, 5.74) is 8.16. The molecule has 1 amide bonds. The number of hydrogen-bond acceptors (Lipinski definition) is 4. The van der Waals surface area contributed by atoms with E-state index in [1.807, 2.05) is 19.9 Å². The van der Waals surface area contributed by atoms with Crippen LogP contribution in [-0.4, -0.2) is 28.7 Å². The number of carbonyl (C=O) groups is 1.